The quantitative estimate of drug-likeness (QED) is 0.776. The summed E-state index contributed by atoms with van der Waals surface area (Å²) in [7, 11) is 3.17. The maximum Gasteiger partial charge on any atom is 0.314 e. The minimum Gasteiger partial charge on any atom is -0.493 e. The third-order valence-electron chi connectivity index (χ3n) is 5.78. The molecule has 0 aromatic heterocycles. The monoisotopic (exact) mass is 397 g/mol. The molecule has 0 saturated carbocycles. The molecule has 0 radical (unpaired) electrons. The largest absolute Gasteiger partial charge is 0.493 e. The van der Waals surface area contributed by atoms with Crippen molar-refractivity contribution in [3.8, 4) is 11.5 Å². The summed E-state index contributed by atoms with van der Waals surface area (Å²) in [4.78, 5) is 26.5. The van der Waals surface area contributed by atoms with E-state index in [2.05, 4.69) is 0 Å². The number of carboxylic acids is 1. The number of ether oxygens (including phenoxy) is 2. The molecule has 1 aliphatic rings. The lowest BCUT2D eigenvalue weighted by Crippen LogP contribution is -2.49. The zero-order valence-electron chi connectivity index (χ0n) is 16.9. The van der Waals surface area contributed by atoms with E-state index in [-0.39, 0.29) is 5.91 Å². The maximum atomic E-state index is 12.7. The van der Waals surface area contributed by atoms with Crippen LogP contribution in [0.15, 0.2) is 48.5 Å². The number of carboxylic acid groups (broad SMARTS) is 1. The van der Waals surface area contributed by atoms with Gasteiger partial charge in [-0.25, -0.2) is 0 Å². The van der Waals surface area contributed by atoms with Gasteiger partial charge in [0.25, 0.3) is 0 Å². The number of carbonyl (C=O) groups excluding carboxylic acids is 1. The van der Waals surface area contributed by atoms with Crippen LogP contribution in [0.4, 0.5) is 0 Å². The molecule has 6 nitrogen and oxygen atoms in total. The molecule has 1 aliphatic heterocycles. The van der Waals surface area contributed by atoms with E-state index in [9.17, 15) is 14.7 Å². The third kappa shape index (κ3) is 4.36. The van der Waals surface area contributed by atoms with Gasteiger partial charge in [-0.3, -0.25) is 9.59 Å². The molecule has 0 atom stereocenters. The highest BCUT2D eigenvalue weighted by Crippen LogP contribution is 2.36. The Bertz CT molecular complexity index is 857. The minimum absolute atomic E-state index is 0.0480. The number of carbonyl (C=O) groups is 2. The molecular weight excluding hydrogens is 370 g/mol. The number of likely N-dealkylation sites (tertiary alicyclic amines) is 1. The molecule has 0 spiro atoms. The standard InChI is InChI=1S/C23H27NO5/c1-28-19-10-8-17(16-20(19)29-2)9-11-21(25)24-14-12-23(13-15-24,22(26)27)18-6-4-3-5-7-18/h3-8,10,16H,9,11-15H2,1-2H3,(H,26,27). The summed E-state index contributed by atoms with van der Waals surface area (Å²) in [6.07, 6.45) is 1.82. The number of amides is 1. The molecule has 1 amide bonds. The van der Waals surface area contributed by atoms with E-state index in [1.54, 1.807) is 19.1 Å². The average molecular weight is 397 g/mol. The molecule has 1 heterocycles. The molecule has 0 bridgehead atoms. The second-order valence-corrected chi connectivity index (χ2v) is 7.32. The van der Waals surface area contributed by atoms with Gasteiger partial charge in [-0.2, -0.15) is 0 Å². The Balaban J connectivity index is 1.61. The van der Waals surface area contributed by atoms with Gasteiger partial charge in [0.15, 0.2) is 11.5 Å². The van der Waals surface area contributed by atoms with E-state index < -0.39 is 11.4 Å². The lowest BCUT2D eigenvalue weighted by atomic mass is 9.73. The number of rotatable bonds is 7. The van der Waals surface area contributed by atoms with Gasteiger partial charge in [-0.1, -0.05) is 36.4 Å². The Morgan fingerprint density at radius 2 is 1.66 bits per heavy atom. The zero-order valence-corrected chi connectivity index (χ0v) is 16.9. The molecule has 1 N–H and O–H groups in total. The van der Waals surface area contributed by atoms with Crippen molar-refractivity contribution in [1.29, 1.82) is 0 Å². The Hall–Kier alpha value is -3.02. The smallest absolute Gasteiger partial charge is 0.314 e. The third-order valence-corrected chi connectivity index (χ3v) is 5.78. The second-order valence-electron chi connectivity index (χ2n) is 7.32. The van der Waals surface area contributed by atoms with Crippen LogP contribution in [0.1, 0.15) is 30.4 Å². The fourth-order valence-electron chi connectivity index (χ4n) is 3.97. The van der Waals surface area contributed by atoms with E-state index in [1.807, 2.05) is 48.5 Å². The van der Waals surface area contributed by atoms with Crippen LogP contribution >= 0.6 is 0 Å². The highest BCUT2D eigenvalue weighted by atomic mass is 16.5. The highest BCUT2D eigenvalue weighted by molar-refractivity contribution is 5.82. The summed E-state index contributed by atoms with van der Waals surface area (Å²) in [5, 5.41) is 9.89. The van der Waals surface area contributed by atoms with Crippen LogP contribution in [0.25, 0.3) is 0 Å². The molecule has 1 saturated heterocycles. The van der Waals surface area contributed by atoms with Crippen LogP contribution in [0, 0.1) is 0 Å². The molecule has 1 fully saturated rings. The van der Waals surface area contributed by atoms with Crippen molar-refractivity contribution in [3.63, 3.8) is 0 Å². The van der Waals surface area contributed by atoms with Crippen LogP contribution in [0.2, 0.25) is 0 Å². The SMILES string of the molecule is COc1ccc(CCC(=O)N2CCC(C(=O)O)(c3ccccc3)CC2)cc1OC. The summed E-state index contributed by atoms with van der Waals surface area (Å²) in [5.41, 5.74) is 0.892. The fraction of sp³-hybridized carbons (Fsp3) is 0.391. The molecule has 6 heteroatoms. The topological polar surface area (TPSA) is 76.1 Å². The molecule has 0 aliphatic carbocycles. The van der Waals surface area contributed by atoms with Crippen LogP contribution < -0.4 is 9.47 Å². The molecular formula is C23H27NO5. The van der Waals surface area contributed by atoms with Crippen LogP contribution in [0.3, 0.4) is 0 Å². The van der Waals surface area contributed by atoms with E-state index in [0.29, 0.717) is 50.3 Å². The first-order valence-electron chi connectivity index (χ1n) is 9.78. The summed E-state index contributed by atoms with van der Waals surface area (Å²) in [5.74, 6) is 0.530. The number of piperidine rings is 1. The molecule has 2 aromatic carbocycles. The van der Waals surface area contributed by atoms with Crippen molar-refractivity contribution in [1.82, 2.24) is 4.90 Å². The normalized spacial score (nSPS) is 15.6. The summed E-state index contributed by atoms with van der Waals surface area (Å²) in [6.45, 7) is 0.901. The predicted octanol–water partition coefficient (Wildman–Crippen LogP) is 3.28. The number of aliphatic carboxylic acids is 1. The van der Waals surface area contributed by atoms with Crippen molar-refractivity contribution >= 4 is 11.9 Å². The second kappa shape index (κ2) is 8.99. The number of aryl methyl sites for hydroxylation is 1. The van der Waals surface area contributed by atoms with Gasteiger partial charge < -0.3 is 19.5 Å². The zero-order chi connectivity index (χ0) is 20.9. The van der Waals surface area contributed by atoms with Crippen molar-refractivity contribution < 1.29 is 24.2 Å². The average Bonchev–Trinajstić information content (AvgIpc) is 2.77. The number of benzene rings is 2. The van der Waals surface area contributed by atoms with Gasteiger partial charge in [0.2, 0.25) is 5.91 Å². The first-order chi connectivity index (χ1) is 14.0. The number of hydrogen-bond donors (Lipinski definition) is 1. The van der Waals surface area contributed by atoms with Crippen LogP contribution in [0.5, 0.6) is 11.5 Å². The van der Waals surface area contributed by atoms with Crippen molar-refractivity contribution in [2.24, 2.45) is 0 Å². The lowest BCUT2D eigenvalue weighted by Gasteiger charge is -2.39. The maximum absolute atomic E-state index is 12.7. The fourth-order valence-corrected chi connectivity index (χ4v) is 3.97. The molecule has 154 valence electrons. The first kappa shape index (κ1) is 20.7. The van der Waals surface area contributed by atoms with Gasteiger partial charge >= 0.3 is 5.97 Å². The van der Waals surface area contributed by atoms with Crippen LogP contribution in [-0.2, 0) is 21.4 Å². The van der Waals surface area contributed by atoms with Crippen LogP contribution in [-0.4, -0.2) is 49.2 Å². The highest BCUT2D eigenvalue weighted by Gasteiger charge is 2.43. The predicted molar refractivity (Wildman–Crippen MR) is 109 cm³/mol. The summed E-state index contributed by atoms with van der Waals surface area (Å²) >= 11 is 0. The molecule has 29 heavy (non-hydrogen) atoms. The van der Waals surface area contributed by atoms with Gasteiger partial charge in [-0.05, 0) is 42.5 Å². The van der Waals surface area contributed by atoms with Gasteiger partial charge in [-0.15, -0.1) is 0 Å². The minimum atomic E-state index is -0.915. The Morgan fingerprint density at radius 3 is 2.24 bits per heavy atom. The van der Waals surface area contributed by atoms with Crippen molar-refractivity contribution in [2.45, 2.75) is 31.1 Å². The van der Waals surface area contributed by atoms with Crippen molar-refractivity contribution in [3.05, 3.63) is 59.7 Å². The van der Waals surface area contributed by atoms with E-state index in [0.717, 1.165) is 11.1 Å². The number of nitrogens with zero attached hydrogens (tertiary/aromatic N) is 1. The summed E-state index contributed by atoms with van der Waals surface area (Å²) in [6, 6.07) is 15.0. The van der Waals surface area contributed by atoms with E-state index in [1.165, 1.54) is 0 Å². The van der Waals surface area contributed by atoms with Crippen molar-refractivity contribution in [2.75, 3.05) is 27.3 Å². The number of methoxy groups -OCH3 is 2. The molecule has 2 aromatic rings. The first-order valence-corrected chi connectivity index (χ1v) is 9.78. The Kier molecular flexibility index (Phi) is 6.42. The molecule has 3 rings (SSSR count). The van der Waals surface area contributed by atoms with Gasteiger partial charge in [0.05, 0.1) is 19.6 Å². The Labute approximate surface area is 171 Å². The molecule has 0 unspecified atom stereocenters. The lowest BCUT2D eigenvalue weighted by molar-refractivity contribution is -0.148. The summed E-state index contributed by atoms with van der Waals surface area (Å²) < 4.78 is 10.6. The van der Waals surface area contributed by atoms with E-state index in [4.69, 9.17) is 9.47 Å². The van der Waals surface area contributed by atoms with E-state index >= 15 is 0 Å². The Morgan fingerprint density at radius 1 is 1.00 bits per heavy atom. The van der Waals surface area contributed by atoms with Gasteiger partial charge in [0.1, 0.15) is 0 Å². The number of hydrogen-bond acceptors (Lipinski definition) is 4. The van der Waals surface area contributed by atoms with Gasteiger partial charge in [0, 0.05) is 19.5 Å².